The predicted molar refractivity (Wildman–Crippen MR) is 94.4 cm³/mol. The largest absolute Gasteiger partial charge is 0.354 e. The van der Waals surface area contributed by atoms with Crippen LogP contribution in [0.3, 0.4) is 0 Å². The second-order valence-electron chi connectivity index (χ2n) is 6.80. The normalized spacial score (nSPS) is 18.2. The highest BCUT2D eigenvalue weighted by Gasteiger charge is 2.33. The molecule has 3 amide bonds. The lowest BCUT2D eigenvalue weighted by atomic mass is 10.0. The number of hydrogen-bond donors (Lipinski definition) is 2. The third kappa shape index (κ3) is 7.32. The molecule has 0 aliphatic carbocycles. The van der Waals surface area contributed by atoms with Crippen molar-refractivity contribution in [3.8, 4) is 0 Å². The van der Waals surface area contributed by atoms with E-state index >= 15 is 0 Å². The minimum absolute atomic E-state index is 0.0402. The van der Waals surface area contributed by atoms with Crippen LogP contribution < -0.4 is 10.6 Å². The Kier molecular flexibility index (Phi) is 10.1. The molecule has 1 saturated heterocycles. The van der Waals surface area contributed by atoms with Crippen molar-refractivity contribution in [2.45, 2.75) is 71.3 Å². The van der Waals surface area contributed by atoms with E-state index in [4.69, 9.17) is 0 Å². The van der Waals surface area contributed by atoms with E-state index in [1.807, 2.05) is 0 Å². The molecule has 1 heterocycles. The summed E-state index contributed by atoms with van der Waals surface area (Å²) >= 11 is 0. The fraction of sp³-hybridized carbons (Fsp3) is 0.833. The zero-order valence-corrected chi connectivity index (χ0v) is 15.2. The Labute approximate surface area is 145 Å². The van der Waals surface area contributed by atoms with Crippen LogP contribution >= 0.6 is 0 Å². The summed E-state index contributed by atoms with van der Waals surface area (Å²) in [6.07, 6.45) is 9.49. The highest BCUT2D eigenvalue weighted by Crippen LogP contribution is 2.18. The summed E-state index contributed by atoms with van der Waals surface area (Å²) in [7, 11) is 0. The average Bonchev–Trinajstić information content (AvgIpc) is 3.07. The van der Waals surface area contributed by atoms with Gasteiger partial charge in [0.25, 0.3) is 0 Å². The summed E-state index contributed by atoms with van der Waals surface area (Å²) in [6, 6.07) is -0.386. The smallest absolute Gasteiger partial charge is 0.242 e. The van der Waals surface area contributed by atoms with Crippen molar-refractivity contribution in [3.05, 3.63) is 0 Å². The maximum Gasteiger partial charge on any atom is 0.242 e. The highest BCUT2D eigenvalue weighted by molar-refractivity contribution is 5.89. The number of hydrogen-bond acceptors (Lipinski definition) is 3. The van der Waals surface area contributed by atoms with E-state index in [0.29, 0.717) is 31.8 Å². The molecule has 0 saturated carbocycles. The first-order chi connectivity index (χ1) is 11.6. The molecule has 1 rings (SSSR count). The Morgan fingerprint density at radius 2 is 2.00 bits per heavy atom. The van der Waals surface area contributed by atoms with Gasteiger partial charge < -0.3 is 15.5 Å². The standard InChI is InChI=1S/C18H33N3O3/c1-3-4-5-6-7-9-15(2)12-20-18(24)16-10-8-11-21(16)17(23)13-19-14-22/h14-16H,3-13H2,1-2H3,(H,19,22)(H,20,24)/t15?,16-/m0/s1. The molecule has 0 aromatic carbocycles. The molecule has 2 atom stereocenters. The van der Waals surface area contributed by atoms with Gasteiger partial charge in [0, 0.05) is 13.1 Å². The lowest BCUT2D eigenvalue weighted by Crippen LogP contribution is -2.48. The Morgan fingerprint density at radius 1 is 1.25 bits per heavy atom. The zero-order chi connectivity index (χ0) is 17.8. The first-order valence-electron chi connectivity index (χ1n) is 9.34. The van der Waals surface area contributed by atoms with Crippen molar-refractivity contribution < 1.29 is 14.4 Å². The number of unbranched alkanes of at least 4 members (excludes halogenated alkanes) is 4. The van der Waals surface area contributed by atoms with Gasteiger partial charge in [-0.2, -0.15) is 0 Å². The second kappa shape index (κ2) is 11.9. The van der Waals surface area contributed by atoms with E-state index in [0.717, 1.165) is 12.8 Å². The molecule has 1 fully saturated rings. The maximum atomic E-state index is 12.4. The van der Waals surface area contributed by atoms with Crippen LogP contribution in [0.2, 0.25) is 0 Å². The molecule has 0 aromatic rings. The van der Waals surface area contributed by atoms with Crippen LogP contribution in [0.5, 0.6) is 0 Å². The molecule has 1 unspecified atom stereocenters. The van der Waals surface area contributed by atoms with Gasteiger partial charge in [-0.05, 0) is 25.2 Å². The number of nitrogens with zero attached hydrogens (tertiary/aromatic N) is 1. The Hall–Kier alpha value is -1.59. The number of rotatable bonds is 12. The minimum Gasteiger partial charge on any atom is -0.354 e. The van der Waals surface area contributed by atoms with Crippen molar-refractivity contribution in [1.29, 1.82) is 0 Å². The van der Waals surface area contributed by atoms with Crippen LogP contribution in [0.4, 0.5) is 0 Å². The molecule has 138 valence electrons. The summed E-state index contributed by atoms with van der Waals surface area (Å²) in [5.74, 6) is 0.200. The van der Waals surface area contributed by atoms with Gasteiger partial charge >= 0.3 is 0 Å². The van der Waals surface area contributed by atoms with Crippen molar-refractivity contribution in [2.75, 3.05) is 19.6 Å². The van der Waals surface area contributed by atoms with Crippen molar-refractivity contribution in [1.82, 2.24) is 15.5 Å². The molecule has 0 spiro atoms. The number of likely N-dealkylation sites (tertiary alicyclic amines) is 1. The quantitative estimate of drug-likeness (QED) is 0.421. The summed E-state index contributed by atoms with van der Waals surface area (Å²) < 4.78 is 0. The fourth-order valence-corrected chi connectivity index (χ4v) is 3.16. The van der Waals surface area contributed by atoms with Gasteiger partial charge in [0.05, 0.1) is 6.54 Å². The number of nitrogens with one attached hydrogen (secondary N) is 2. The number of carbonyl (C=O) groups excluding carboxylic acids is 3. The van der Waals surface area contributed by atoms with Crippen molar-refractivity contribution >= 4 is 18.2 Å². The van der Waals surface area contributed by atoms with Crippen molar-refractivity contribution in [2.24, 2.45) is 5.92 Å². The first-order valence-corrected chi connectivity index (χ1v) is 9.34. The van der Waals surface area contributed by atoms with Gasteiger partial charge in [0.2, 0.25) is 18.2 Å². The maximum absolute atomic E-state index is 12.4. The summed E-state index contributed by atoms with van der Waals surface area (Å²) in [5, 5.41) is 5.36. The van der Waals surface area contributed by atoms with Crippen LogP contribution in [0.15, 0.2) is 0 Å². The Morgan fingerprint density at radius 3 is 2.71 bits per heavy atom. The van der Waals surface area contributed by atoms with E-state index in [1.54, 1.807) is 4.90 Å². The van der Waals surface area contributed by atoms with Gasteiger partial charge in [-0.1, -0.05) is 46.0 Å². The van der Waals surface area contributed by atoms with E-state index < -0.39 is 0 Å². The van der Waals surface area contributed by atoms with Gasteiger partial charge in [-0.3, -0.25) is 14.4 Å². The van der Waals surface area contributed by atoms with Crippen molar-refractivity contribution in [3.63, 3.8) is 0 Å². The zero-order valence-electron chi connectivity index (χ0n) is 15.2. The summed E-state index contributed by atoms with van der Waals surface area (Å²) in [5.41, 5.74) is 0. The Bertz CT molecular complexity index is 401. The topological polar surface area (TPSA) is 78.5 Å². The van der Waals surface area contributed by atoms with Crippen LogP contribution in [0.25, 0.3) is 0 Å². The molecule has 6 heteroatoms. The second-order valence-corrected chi connectivity index (χ2v) is 6.80. The predicted octanol–water partition coefficient (Wildman–Crippen LogP) is 1.84. The van der Waals surface area contributed by atoms with Gasteiger partial charge in [0.1, 0.15) is 6.04 Å². The molecule has 1 aliphatic rings. The van der Waals surface area contributed by atoms with Gasteiger partial charge in [-0.25, -0.2) is 0 Å². The lowest BCUT2D eigenvalue weighted by Gasteiger charge is -2.24. The van der Waals surface area contributed by atoms with E-state index in [-0.39, 0.29) is 24.4 Å². The van der Waals surface area contributed by atoms with Crippen LogP contribution in [0, 0.1) is 5.92 Å². The molecular formula is C18H33N3O3. The number of carbonyl (C=O) groups is 3. The molecular weight excluding hydrogens is 306 g/mol. The third-order valence-corrected chi connectivity index (χ3v) is 4.64. The van der Waals surface area contributed by atoms with Crippen LogP contribution in [0.1, 0.15) is 65.2 Å². The summed E-state index contributed by atoms with van der Waals surface area (Å²) in [4.78, 5) is 36.3. The van der Waals surface area contributed by atoms with E-state index in [9.17, 15) is 14.4 Å². The lowest BCUT2D eigenvalue weighted by molar-refractivity contribution is -0.138. The van der Waals surface area contributed by atoms with Gasteiger partial charge in [-0.15, -0.1) is 0 Å². The average molecular weight is 339 g/mol. The monoisotopic (exact) mass is 339 g/mol. The SMILES string of the molecule is CCCCCCCC(C)CNC(=O)[C@@H]1CCCN1C(=O)CNC=O. The molecule has 0 radical (unpaired) electrons. The molecule has 0 aromatic heterocycles. The fourth-order valence-electron chi connectivity index (χ4n) is 3.16. The van der Waals surface area contributed by atoms with E-state index in [1.165, 1.54) is 32.1 Å². The Balaban J connectivity index is 2.27. The highest BCUT2D eigenvalue weighted by atomic mass is 16.2. The molecule has 1 aliphatic heterocycles. The summed E-state index contributed by atoms with van der Waals surface area (Å²) in [6.45, 7) is 5.58. The molecule has 6 nitrogen and oxygen atoms in total. The number of amides is 3. The third-order valence-electron chi connectivity index (χ3n) is 4.64. The molecule has 0 bridgehead atoms. The minimum atomic E-state index is -0.386. The van der Waals surface area contributed by atoms with Crippen LogP contribution in [-0.2, 0) is 14.4 Å². The van der Waals surface area contributed by atoms with E-state index in [2.05, 4.69) is 24.5 Å². The van der Waals surface area contributed by atoms with Crippen LogP contribution in [-0.4, -0.2) is 48.8 Å². The first kappa shape index (κ1) is 20.5. The molecule has 2 N–H and O–H groups in total. The van der Waals surface area contributed by atoms with Gasteiger partial charge in [0.15, 0.2) is 0 Å². The molecule has 24 heavy (non-hydrogen) atoms.